The molecule has 0 bridgehead atoms. The molecule has 0 radical (unpaired) electrons. The van der Waals surface area contributed by atoms with E-state index in [1.54, 1.807) is 47.7 Å². The normalized spacial score (nSPS) is 12.5. The van der Waals surface area contributed by atoms with Gasteiger partial charge in [0, 0.05) is 27.1 Å². The van der Waals surface area contributed by atoms with Gasteiger partial charge in [-0.05, 0) is 11.6 Å². The van der Waals surface area contributed by atoms with Crippen LogP contribution in [0.4, 0.5) is 19.0 Å². The molecule has 0 unspecified atom stereocenters. The second-order valence-corrected chi connectivity index (χ2v) is 7.53. The molecule has 0 amide bonds. The zero-order valence-electron chi connectivity index (χ0n) is 16.0. The monoisotopic (exact) mass is 443 g/mol. The third-order valence-electron chi connectivity index (χ3n) is 4.54. The highest BCUT2D eigenvalue weighted by atomic mass is 32.1. The predicted octanol–water partition coefficient (Wildman–Crippen LogP) is 5.62. The van der Waals surface area contributed by atoms with Gasteiger partial charge < -0.3 is 10.1 Å². The fourth-order valence-electron chi connectivity index (χ4n) is 3.07. The molecule has 0 saturated heterocycles. The lowest BCUT2D eigenvalue weighted by Gasteiger charge is -2.20. The first-order valence-electron chi connectivity index (χ1n) is 9.27. The Labute approximate surface area is 179 Å². The maximum absolute atomic E-state index is 12.7. The van der Waals surface area contributed by atoms with Crippen LogP contribution in [0.25, 0.3) is 21.3 Å². The zero-order chi connectivity index (χ0) is 21.8. The summed E-state index contributed by atoms with van der Waals surface area (Å²) in [6.45, 7) is -0.0906. The maximum Gasteiger partial charge on any atom is 0.490 e. The number of alkyl halides is 3. The standard InChI is InChI=1S/C22H16F3N3O2S/c23-22(24,25)21(29)30-18(14-6-2-1-3-7-14)11-26-20-10-17(27-13-28-20)16-12-31-19-9-5-4-8-15(16)19/h1-10,12-13,18H,11H2,(H,26,27,28)/t18-/m0/s1. The van der Waals surface area contributed by atoms with Crippen LogP contribution in [0.3, 0.4) is 0 Å². The van der Waals surface area contributed by atoms with Crippen molar-refractivity contribution in [3.05, 3.63) is 77.9 Å². The molecule has 0 aliphatic heterocycles. The maximum atomic E-state index is 12.7. The molecule has 2 aromatic heterocycles. The van der Waals surface area contributed by atoms with Crippen LogP contribution in [0.1, 0.15) is 11.7 Å². The van der Waals surface area contributed by atoms with Gasteiger partial charge in [0.25, 0.3) is 0 Å². The van der Waals surface area contributed by atoms with E-state index in [1.165, 1.54) is 6.33 Å². The number of halogens is 3. The van der Waals surface area contributed by atoms with E-state index in [0.717, 1.165) is 15.6 Å². The summed E-state index contributed by atoms with van der Waals surface area (Å²) in [6, 6.07) is 17.9. The average Bonchev–Trinajstić information content (AvgIpc) is 3.21. The zero-order valence-corrected chi connectivity index (χ0v) is 16.8. The molecule has 1 atom stereocenters. The predicted molar refractivity (Wildman–Crippen MR) is 113 cm³/mol. The van der Waals surface area contributed by atoms with Crippen molar-refractivity contribution in [3.8, 4) is 11.3 Å². The van der Waals surface area contributed by atoms with E-state index < -0.39 is 18.2 Å². The smallest absolute Gasteiger partial charge is 0.449 e. The molecule has 9 heteroatoms. The lowest BCUT2D eigenvalue weighted by Crippen LogP contribution is -2.29. The van der Waals surface area contributed by atoms with E-state index in [2.05, 4.69) is 15.3 Å². The van der Waals surface area contributed by atoms with Crippen LogP contribution >= 0.6 is 11.3 Å². The number of nitrogens with one attached hydrogen (secondary N) is 1. The number of esters is 1. The van der Waals surface area contributed by atoms with Crippen molar-refractivity contribution in [2.75, 3.05) is 11.9 Å². The lowest BCUT2D eigenvalue weighted by molar-refractivity contribution is -0.204. The summed E-state index contributed by atoms with van der Waals surface area (Å²) in [5.74, 6) is -1.83. The fourth-order valence-corrected chi connectivity index (χ4v) is 4.02. The van der Waals surface area contributed by atoms with Crippen molar-refractivity contribution in [2.24, 2.45) is 0 Å². The Morgan fingerprint density at radius 3 is 2.58 bits per heavy atom. The van der Waals surface area contributed by atoms with Gasteiger partial charge in [0.05, 0.1) is 12.2 Å². The minimum Gasteiger partial charge on any atom is -0.449 e. The number of hydrogen-bond donors (Lipinski definition) is 1. The van der Waals surface area contributed by atoms with Gasteiger partial charge in [0.15, 0.2) is 0 Å². The molecular formula is C22H16F3N3O2S. The van der Waals surface area contributed by atoms with Gasteiger partial charge in [0.1, 0.15) is 18.2 Å². The molecule has 0 aliphatic rings. The molecule has 0 spiro atoms. The minimum atomic E-state index is -5.07. The Bertz CT molecular complexity index is 1200. The summed E-state index contributed by atoms with van der Waals surface area (Å²) in [5, 5.41) is 6.01. The van der Waals surface area contributed by atoms with Crippen molar-refractivity contribution in [1.82, 2.24) is 9.97 Å². The van der Waals surface area contributed by atoms with Crippen molar-refractivity contribution in [1.29, 1.82) is 0 Å². The van der Waals surface area contributed by atoms with E-state index >= 15 is 0 Å². The molecule has 31 heavy (non-hydrogen) atoms. The number of ether oxygens (including phenoxy) is 1. The van der Waals surface area contributed by atoms with Crippen LogP contribution in [-0.2, 0) is 9.53 Å². The van der Waals surface area contributed by atoms with E-state index in [0.29, 0.717) is 17.1 Å². The third-order valence-corrected chi connectivity index (χ3v) is 5.51. The molecule has 4 aromatic rings. The molecule has 2 aromatic carbocycles. The fraction of sp³-hybridized carbons (Fsp3) is 0.136. The second kappa shape index (κ2) is 8.73. The molecule has 0 aliphatic carbocycles. The van der Waals surface area contributed by atoms with Gasteiger partial charge in [-0.2, -0.15) is 13.2 Å². The molecule has 5 nitrogen and oxygen atoms in total. The number of benzene rings is 2. The number of aromatic nitrogens is 2. The first-order chi connectivity index (χ1) is 14.9. The summed E-state index contributed by atoms with van der Waals surface area (Å²) in [5.41, 5.74) is 2.05. The number of rotatable bonds is 6. The van der Waals surface area contributed by atoms with E-state index in [-0.39, 0.29) is 6.54 Å². The van der Waals surface area contributed by atoms with Gasteiger partial charge in [-0.25, -0.2) is 14.8 Å². The van der Waals surface area contributed by atoms with Crippen LogP contribution in [0, 0.1) is 0 Å². The Kier molecular flexibility index (Phi) is 5.85. The third kappa shape index (κ3) is 4.83. The molecule has 4 rings (SSSR count). The van der Waals surface area contributed by atoms with Gasteiger partial charge in [-0.3, -0.25) is 0 Å². The van der Waals surface area contributed by atoms with E-state index in [4.69, 9.17) is 4.74 Å². The topological polar surface area (TPSA) is 64.1 Å². The average molecular weight is 443 g/mol. The Hall–Kier alpha value is -3.46. The van der Waals surface area contributed by atoms with Gasteiger partial charge in [-0.1, -0.05) is 48.5 Å². The first kappa shape index (κ1) is 20.8. The number of nitrogens with zero attached hydrogens (tertiary/aromatic N) is 2. The summed E-state index contributed by atoms with van der Waals surface area (Å²) in [7, 11) is 0. The molecular weight excluding hydrogens is 427 g/mol. The van der Waals surface area contributed by atoms with E-state index in [1.807, 2.05) is 29.6 Å². The summed E-state index contributed by atoms with van der Waals surface area (Å²) >= 11 is 1.59. The van der Waals surface area contributed by atoms with Gasteiger partial charge in [-0.15, -0.1) is 11.3 Å². The number of carbonyl (C=O) groups excluding carboxylic acids is 1. The van der Waals surface area contributed by atoms with Crippen LogP contribution in [-0.4, -0.2) is 28.7 Å². The van der Waals surface area contributed by atoms with Crippen molar-refractivity contribution < 1.29 is 22.7 Å². The Balaban J connectivity index is 1.55. The first-order valence-corrected chi connectivity index (χ1v) is 10.1. The summed E-state index contributed by atoms with van der Waals surface area (Å²) in [6.07, 6.45) is -4.84. The lowest BCUT2D eigenvalue weighted by atomic mass is 10.1. The van der Waals surface area contributed by atoms with Crippen molar-refractivity contribution in [3.63, 3.8) is 0 Å². The highest BCUT2D eigenvalue weighted by molar-refractivity contribution is 7.17. The van der Waals surface area contributed by atoms with Crippen LogP contribution in [0.15, 0.2) is 72.4 Å². The molecule has 2 heterocycles. The van der Waals surface area contributed by atoms with Crippen LogP contribution < -0.4 is 5.32 Å². The minimum absolute atomic E-state index is 0.0906. The second-order valence-electron chi connectivity index (χ2n) is 6.62. The number of fused-ring (bicyclic) bond motifs is 1. The highest BCUT2D eigenvalue weighted by Crippen LogP contribution is 2.33. The Morgan fingerprint density at radius 2 is 1.81 bits per heavy atom. The highest BCUT2D eigenvalue weighted by Gasteiger charge is 2.42. The SMILES string of the molecule is O=C(O[C@@H](CNc1cc(-c2csc3ccccc23)ncn1)c1ccccc1)C(F)(F)F. The Morgan fingerprint density at radius 1 is 1.06 bits per heavy atom. The molecule has 0 saturated carbocycles. The van der Waals surface area contributed by atoms with Gasteiger partial charge >= 0.3 is 12.1 Å². The molecule has 158 valence electrons. The van der Waals surface area contributed by atoms with Crippen LogP contribution in [0.2, 0.25) is 0 Å². The number of thiophene rings is 1. The van der Waals surface area contributed by atoms with Crippen molar-refractivity contribution >= 4 is 33.2 Å². The number of hydrogen-bond acceptors (Lipinski definition) is 6. The van der Waals surface area contributed by atoms with Gasteiger partial charge in [0.2, 0.25) is 0 Å². The van der Waals surface area contributed by atoms with E-state index in [9.17, 15) is 18.0 Å². The quantitative estimate of drug-likeness (QED) is 0.392. The molecule has 1 N–H and O–H groups in total. The molecule has 0 fully saturated rings. The number of anilines is 1. The van der Waals surface area contributed by atoms with Crippen molar-refractivity contribution in [2.45, 2.75) is 12.3 Å². The largest absolute Gasteiger partial charge is 0.490 e. The summed E-state index contributed by atoms with van der Waals surface area (Å²) in [4.78, 5) is 19.9. The summed E-state index contributed by atoms with van der Waals surface area (Å²) < 4.78 is 44.0. The number of carbonyl (C=O) groups is 1. The van der Waals surface area contributed by atoms with Crippen LogP contribution in [0.5, 0.6) is 0 Å².